The van der Waals surface area contributed by atoms with Crippen molar-refractivity contribution in [3.8, 4) is 0 Å². The first-order valence-corrected chi connectivity index (χ1v) is 4.09. The molecule has 0 saturated heterocycles. The largest absolute Gasteiger partial charge is 0.386 e. The summed E-state index contributed by atoms with van der Waals surface area (Å²) in [5, 5.41) is 16.7. The molecular formula is C6H16NO3P. The molecule has 2 atom stereocenters. The van der Waals surface area contributed by atoms with Crippen LogP contribution >= 0.6 is 9.24 Å². The minimum Gasteiger partial charge on any atom is -0.386 e. The standard InChI is InChI=1S/C6H15OP.HNO2/c1-3-5-6(7,8)4-2;2-1-3/h7H,3-5,8H2,1-2H3;(H,2,3). The van der Waals surface area contributed by atoms with Gasteiger partial charge in [-0.3, -0.25) is 0 Å². The molecule has 4 nitrogen and oxygen atoms in total. The Kier molecular flexibility index (Phi) is 9.60. The van der Waals surface area contributed by atoms with Crippen LogP contribution in [0.2, 0.25) is 0 Å². The predicted molar refractivity (Wildman–Crippen MR) is 47.4 cm³/mol. The lowest BCUT2D eigenvalue weighted by atomic mass is 10.1. The van der Waals surface area contributed by atoms with Crippen LogP contribution in [0.15, 0.2) is 5.34 Å². The fraction of sp³-hybridized carbons (Fsp3) is 1.00. The van der Waals surface area contributed by atoms with E-state index in [1.54, 1.807) is 0 Å². The van der Waals surface area contributed by atoms with Gasteiger partial charge in [0.25, 0.3) is 0 Å². The molecule has 0 amide bonds. The fourth-order valence-electron chi connectivity index (χ4n) is 0.610. The molecule has 0 bridgehead atoms. The van der Waals surface area contributed by atoms with Gasteiger partial charge in [0, 0.05) is 0 Å². The minimum absolute atomic E-state index is 0.491. The summed E-state index contributed by atoms with van der Waals surface area (Å²) in [6.07, 6.45) is 2.76. The molecule has 0 heterocycles. The monoisotopic (exact) mass is 181 g/mol. The molecule has 2 unspecified atom stereocenters. The smallest absolute Gasteiger partial charge is 0.152 e. The van der Waals surface area contributed by atoms with Crippen molar-refractivity contribution < 1.29 is 10.3 Å². The van der Waals surface area contributed by atoms with Crippen molar-refractivity contribution in [3.05, 3.63) is 4.91 Å². The van der Waals surface area contributed by atoms with Gasteiger partial charge in [-0.15, -0.1) is 14.1 Å². The summed E-state index contributed by atoms with van der Waals surface area (Å²) in [4.78, 5) is 8.11. The maximum Gasteiger partial charge on any atom is 0.152 e. The molecule has 0 radical (unpaired) electrons. The fourth-order valence-corrected chi connectivity index (χ4v) is 0.898. The van der Waals surface area contributed by atoms with Gasteiger partial charge in [-0.25, -0.2) is 0 Å². The average Bonchev–Trinajstić information content (AvgIpc) is 1.90. The Hall–Kier alpha value is -0.210. The maximum atomic E-state index is 9.29. The lowest BCUT2D eigenvalue weighted by Crippen LogP contribution is -2.16. The zero-order valence-corrected chi connectivity index (χ0v) is 8.10. The molecule has 11 heavy (non-hydrogen) atoms. The third-order valence-corrected chi connectivity index (χ3v) is 1.99. The highest BCUT2D eigenvalue weighted by molar-refractivity contribution is 7.18. The zero-order valence-electron chi connectivity index (χ0n) is 6.95. The van der Waals surface area contributed by atoms with Crippen molar-refractivity contribution in [3.63, 3.8) is 0 Å². The molecule has 0 rings (SSSR count). The zero-order chi connectivity index (χ0) is 9.33. The second-order valence-corrected chi connectivity index (χ2v) is 3.36. The van der Waals surface area contributed by atoms with Crippen LogP contribution in [0.1, 0.15) is 33.1 Å². The molecule has 0 spiro atoms. The Morgan fingerprint density at radius 2 is 1.91 bits per heavy atom. The van der Waals surface area contributed by atoms with Gasteiger partial charge in [-0.1, -0.05) is 20.3 Å². The third kappa shape index (κ3) is 12.9. The molecule has 0 aliphatic heterocycles. The van der Waals surface area contributed by atoms with Crippen molar-refractivity contribution in [2.75, 3.05) is 0 Å². The highest BCUT2D eigenvalue weighted by atomic mass is 31.0. The summed E-state index contributed by atoms with van der Waals surface area (Å²) >= 11 is 0. The molecule has 0 saturated carbocycles. The Labute approximate surface area is 69.1 Å². The summed E-state index contributed by atoms with van der Waals surface area (Å²) in [5.41, 5.74) is 0. The van der Waals surface area contributed by atoms with E-state index in [-0.39, 0.29) is 0 Å². The van der Waals surface area contributed by atoms with Crippen LogP contribution in [-0.4, -0.2) is 15.7 Å². The number of hydrogen-bond acceptors (Lipinski definition) is 3. The summed E-state index contributed by atoms with van der Waals surface area (Å²) < 4.78 is 0. The van der Waals surface area contributed by atoms with E-state index in [1.807, 2.05) is 6.92 Å². The van der Waals surface area contributed by atoms with Crippen LogP contribution < -0.4 is 0 Å². The van der Waals surface area contributed by atoms with Crippen LogP contribution in [0.5, 0.6) is 0 Å². The van der Waals surface area contributed by atoms with Crippen molar-refractivity contribution in [1.82, 2.24) is 0 Å². The van der Waals surface area contributed by atoms with Crippen LogP contribution in [0, 0.1) is 4.91 Å². The quantitative estimate of drug-likeness (QED) is 0.397. The average molecular weight is 181 g/mol. The Bertz CT molecular complexity index is 97.8. The lowest BCUT2D eigenvalue weighted by molar-refractivity contribution is 0.121. The van der Waals surface area contributed by atoms with Crippen molar-refractivity contribution in [2.45, 2.75) is 38.5 Å². The van der Waals surface area contributed by atoms with Gasteiger partial charge in [0.2, 0.25) is 0 Å². The van der Waals surface area contributed by atoms with Crippen LogP contribution in [-0.2, 0) is 0 Å². The first-order chi connectivity index (χ1) is 5.04. The van der Waals surface area contributed by atoms with Gasteiger partial charge in [0.1, 0.15) is 0 Å². The highest BCUT2D eigenvalue weighted by Crippen LogP contribution is 2.23. The highest BCUT2D eigenvalue weighted by Gasteiger charge is 2.14. The number of hydrogen-bond donors (Lipinski definition) is 2. The second-order valence-electron chi connectivity index (χ2n) is 2.29. The number of aliphatic hydroxyl groups is 1. The molecule has 0 fully saturated rings. The summed E-state index contributed by atoms with van der Waals surface area (Å²) in [6, 6.07) is 0. The molecule has 0 aliphatic carbocycles. The number of rotatable bonds is 3. The summed E-state index contributed by atoms with van der Waals surface area (Å²) in [6.45, 7) is 4.06. The molecule has 5 heteroatoms. The normalized spacial score (nSPS) is 14.2. The lowest BCUT2D eigenvalue weighted by Gasteiger charge is -2.19. The summed E-state index contributed by atoms with van der Waals surface area (Å²) in [7, 11) is 2.47. The molecule has 2 N–H and O–H groups in total. The van der Waals surface area contributed by atoms with Gasteiger partial charge in [-0.05, 0) is 12.8 Å². The predicted octanol–water partition coefficient (Wildman–Crippen LogP) is 1.90. The Morgan fingerprint density at radius 1 is 1.55 bits per heavy atom. The molecular weight excluding hydrogens is 165 g/mol. The van der Waals surface area contributed by atoms with Crippen LogP contribution in [0.3, 0.4) is 0 Å². The second kappa shape index (κ2) is 7.89. The van der Waals surface area contributed by atoms with E-state index >= 15 is 0 Å². The molecule has 68 valence electrons. The number of nitrogens with zero attached hydrogens (tertiary/aromatic N) is 1. The molecule has 0 aromatic rings. The van der Waals surface area contributed by atoms with E-state index in [0.29, 0.717) is 0 Å². The molecule has 0 aliphatic rings. The van der Waals surface area contributed by atoms with Crippen molar-refractivity contribution >= 4 is 9.24 Å². The van der Waals surface area contributed by atoms with Gasteiger partial charge in [-0.2, -0.15) is 0 Å². The Morgan fingerprint density at radius 3 is 2.00 bits per heavy atom. The van der Waals surface area contributed by atoms with Crippen LogP contribution in [0.25, 0.3) is 0 Å². The van der Waals surface area contributed by atoms with E-state index in [9.17, 15) is 5.11 Å². The molecule has 0 aromatic carbocycles. The van der Waals surface area contributed by atoms with E-state index in [1.165, 1.54) is 5.34 Å². The van der Waals surface area contributed by atoms with Gasteiger partial charge in [0.05, 0.1) is 5.34 Å². The maximum absolute atomic E-state index is 9.29. The van der Waals surface area contributed by atoms with E-state index in [0.717, 1.165) is 19.3 Å². The summed E-state index contributed by atoms with van der Waals surface area (Å²) in [5.74, 6) is 0. The first-order valence-electron chi connectivity index (χ1n) is 3.52. The topological polar surface area (TPSA) is 69.9 Å². The van der Waals surface area contributed by atoms with Crippen molar-refractivity contribution in [2.24, 2.45) is 5.34 Å². The van der Waals surface area contributed by atoms with Crippen LogP contribution in [0.4, 0.5) is 0 Å². The van der Waals surface area contributed by atoms with Gasteiger partial charge < -0.3 is 10.3 Å². The first kappa shape index (κ1) is 13.4. The van der Waals surface area contributed by atoms with E-state index in [2.05, 4.69) is 16.2 Å². The van der Waals surface area contributed by atoms with Crippen molar-refractivity contribution in [1.29, 1.82) is 0 Å². The van der Waals surface area contributed by atoms with E-state index < -0.39 is 5.34 Å². The van der Waals surface area contributed by atoms with E-state index in [4.69, 9.17) is 10.1 Å². The van der Waals surface area contributed by atoms with Gasteiger partial charge >= 0.3 is 0 Å². The third-order valence-electron chi connectivity index (χ3n) is 1.30. The molecule has 0 aromatic heterocycles. The Balaban J connectivity index is 0. The minimum atomic E-state index is -0.491. The van der Waals surface area contributed by atoms with Gasteiger partial charge in [0.15, 0.2) is 5.34 Å². The SMILES string of the molecule is CCCC(O)(P)CC.O=NO.